The monoisotopic (exact) mass is 433 g/mol. The van der Waals surface area contributed by atoms with Crippen molar-refractivity contribution in [2.24, 2.45) is 5.16 Å². The van der Waals surface area contributed by atoms with Crippen molar-refractivity contribution in [1.82, 2.24) is 4.98 Å². The molecule has 1 aromatic heterocycles. The molecule has 1 atom stereocenters. The van der Waals surface area contributed by atoms with Crippen LogP contribution in [0.15, 0.2) is 84.1 Å². The maximum atomic E-state index is 11.5. The summed E-state index contributed by atoms with van der Waals surface area (Å²) in [5.74, 6) is 0.155. The van der Waals surface area contributed by atoms with E-state index in [0.29, 0.717) is 13.2 Å². The van der Waals surface area contributed by atoms with Crippen molar-refractivity contribution in [1.29, 1.82) is 0 Å². The Bertz CT molecular complexity index is 979. The van der Waals surface area contributed by atoms with E-state index in [1.165, 1.54) is 6.21 Å². The first kappa shape index (κ1) is 22.8. The molecule has 0 fully saturated rings. The van der Waals surface area contributed by atoms with Gasteiger partial charge < -0.3 is 19.6 Å². The highest BCUT2D eigenvalue weighted by atomic mass is 16.6. The third-order valence-electron chi connectivity index (χ3n) is 4.88. The number of nitrogens with zero attached hydrogens (tertiary/aromatic N) is 3. The van der Waals surface area contributed by atoms with Crippen molar-refractivity contribution in [2.45, 2.75) is 18.9 Å². The first-order chi connectivity index (χ1) is 15.6. The van der Waals surface area contributed by atoms with Crippen LogP contribution in [0.1, 0.15) is 23.5 Å². The topological polar surface area (TPSA) is 84.2 Å². The number of oxime groups is 1. The molecule has 3 aromatic rings. The standard InChI is InChI=1S/C25H27N3O4/c1-28(24-9-5-6-15-26-24)17-18-31-22-12-10-20(11-13-22)19-32-27-16-14-23(25(29)30)21-7-3-2-4-8-21/h2-13,15-16,23H,14,17-19H2,1H3,(H,29,30). The van der Waals surface area contributed by atoms with Gasteiger partial charge in [-0.15, -0.1) is 0 Å². The zero-order valence-electron chi connectivity index (χ0n) is 18.0. The number of benzene rings is 2. The van der Waals surface area contributed by atoms with E-state index in [4.69, 9.17) is 9.57 Å². The number of carbonyl (C=O) groups is 1. The van der Waals surface area contributed by atoms with Crippen LogP contribution in [0.2, 0.25) is 0 Å². The van der Waals surface area contributed by atoms with E-state index in [1.54, 1.807) is 18.3 Å². The summed E-state index contributed by atoms with van der Waals surface area (Å²) in [5, 5.41) is 13.3. The SMILES string of the molecule is CN(CCOc1ccc(CON=CCC(C(=O)O)c2ccccc2)cc1)c1ccccn1. The highest BCUT2D eigenvalue weighted by Crippen LogP contribution is 2.19. The lowest BCUT2D eigenvalue weighted by Crippen LogP contribution is -2.24. The molecule has 0 radical (unpaired) electrons. The summed E-state index contributed by atoms with van der Waals surface area (Å²) in [4.78, 5) is 23.1. The molecule has 166 valence electrons. The Kier molecular flexibility index (Phi) is 8.62. The van der Waals surface area contributed by atoms with Crippen molar-refractivity contribution < 1.29 is 19.5 Å². The van der Waals surface area contributed by atoms with Crippen LogP contribution in [0.4, 0.5) is 5.82 Å². The first-order valence-electron chi connectivity index (χ1n) is 10.4. The van der Waals surface area contributed by atoms with E-state index in [-0.39, 0.29) is 6.42 Å². The number of likely N-dealkylation sites (N-methyl/N-ethyl adjacent to an activating group) is 1. The van der Waals surface area contributed by atoms with Crippen LogP contribution < -0.4 is 9.64 Å². The van der Waals surface area contributed by atoms with Gasteiger partial charge in [-0.2, -0.15) is 0 Å². The van der Waals surface area contributed by atoms with Crippen molar-refractivity contribution in [2.75, 3.05) is 25.1 Å². The lowest BCUT2D eigenvalue weighted by atomic mass is 9.97. The zero-order chi connectivity index (χ0) is 22.6. The summed E-state index contributed by atoms with van der Waals surface area (Å²) < 4.78 is 5.79. The van der Waals surface area contributed by atoms with Crippen LogP contribution in [-0.2, 0) is 16.2 Å². The number of aliphatic carboxylic acids is 1. The first-order valence-corrected chi connectivity index (χ1v) is 10.4. The maximum Gasteiger partial charge on any atom is 0.311 e. The second-order valence-corrected chi connectivity index (χ2v) is 7.20. The van der Waals surface area contributed by atoms with E-state index >= 15 is 0 Å². The van der Waals surface area contributed by atoms with Crippen molar-refractivity contribution in [3.05, 3.63) is 90.1 Å². The van der Waals surface area contributed by atoms with Gasteiger partial charge in [0.15, 0.2) is 0 Å². The van der Waals surface area contributed by atoms with Gasteiger partial charge in [0, 0.05) is 25.9 Å². The van der Waals surface area contributed by atoms with Gasteiger partial charge in [0.1, 0.15) is 24.8 Å². The molecule has 0 bridgehead atoms. The molecule has 1 N–H and O–H groups in total. The minimum atomic E-state index is -0.885. The van der Waals surface area contributed by atoms with Crippen LogP contribution in [0, 0.1) is 0 Å². The van der Waals surface area contributed by atoms with Gasteiger partial charge in [-0.1, -0.05) is 53.7 Å². The van der Waals surface area contributed by atoms with Crippen LogP contribution >= 0.6 is 0 Å². The molecular weight excluding hydrogens is 406 g/mol. The number of carboxylic acid groups (broad SMARTS) is 1. The molecule has 1 heterocycles. The third kappa shape index (κ3) is 7.12. The molecule has 0 saturated carbocycles. The number of pyridine rings is 1. The summed E-state index contributed by atoms with van der Waals surface area (Å²) in [6, 6.07) is 22.5. The molecule has 7 heteroatoms. The van der Waals surface area contributed by atoms with Gasteiger partial charge in [-0.3, -0.25) is 4.79 Å². The lowest BCUT2D eigenvalue weighted by molar-refractivity contribution is -0.138. The Labute approximate surface area is 187 Å². The molecule has 32 heavy (non-hydrogen) atoms. The Morgan fingerprint density at radius 2 is 1.84 bits per heavy atom. The fourth-order valence-corrected chi connectivity index (χ4v) is 3.05. The van der Waals surface area contributed by atoms with Gasteiger partial charge in [0.2, 0.25) is 0 Å². The highest BCUT2D eigenvalue weighted by molar-refractivity contribution is 5.80. The number of aromatic nitrogens is 1. The van der Waals surface area contributed by atoms with Crippen LogP contribution in [-0.4, -0.2) is 42.5 Å². The Morgan fingerprint density at radius 3 is 2.53 bits per heavy atom. The number of hydrogen-bond donors (Lipinski definition) is 1. The molecule has 0 aliphatic rings. The lowest BCUT2D eigenvalue weighted by Gasteiger charge is -2.18. The quantitative estimate of drug-likeness (QED) is 0.338. The Hall–Kier alpha value is -3.87. The maximum absolute atomic E-state index is 11.5. The highest BCUT2D eigenvalue weighted by Gasteiger charge is 2.18. The average molecular weight is 434 g/mol. The predicted octanol–water partition coefficient (Wildman–Crippen LogP) is 4.36. The molecule has 0 amide bonds. The predicted molar refractivity (Wildman–Crippen MR) is 124 cm³/mol. The van der Waals surface area contributed by atoms with Gasteiger partial charge >= 0.3 is 5.97 Å². The van der Waals surface area contributed by atoms with Gasteiger partial charge in [-0.25, -0.2) is 4.98 Å². The largest absolute Gasteiger partial charge is 0.492 e. The minimum absolute atomic E-state index is 0.263. The van der Waals surface area contributed by atoms with E-state index in [2.05, 4.69) is 10.1 Å². The third-order valence-corrected chi connectivity index (χ3v) is 4.88. The van der Waals surface area contributed by atoms with E-state index in [0.717, 1.165) is 29.2 Å². The van der Waals surface area contributed by atoms with Gasteiger partial charge in [-0.05, 0) is 35.4 Å². The van der Waals surface area contributed by atoms with Gasteiger partial charge in [0.05, 0.1) is 12.5 Å². The second kappa shape index (κ2) is 12.1. The minimum Gasteiger partial charge on any atom is -0.492 e. The number of rotatable bonds is 12. The summed E-state index contributed by atoms with van der Waals surface area (Å²) in [6.45, 7) is 1.55. The molecule has 0 aliphatic heterocycles. The average Bonchev–Trinajstić information content (AvgIpc) is 2.83. The molecule has 0 spiro atoms. The molecule has 1 unspecified atom stereocenters. The fourth-order valence-electron chi connectivity index (χ4n) is 3.05. The molecule has 0 aliphatic carbocycles. The number of carboxylic acids is 1. The molecule has 2 aromatic carbocycles. The van der Waals surface area contributed by atoms with E-state index < -0.39 is 11.9 Å². The fraction of sp³-hybridized carbons (Fsp3) is 0.240. The zero-order valence-corrected chi connectivity index (χ0v) is 18.0. The molecular formula is C25H27N3O4. The number of hydrogen-bond acceptors (Lipinski definition) is 6. The Morgan fingerprint density at radius 1 is 1.09 bits per heavy atom. The normalized spacial score (nSPS) is 11.8. The van der Waals surface area contributed by atoms with Crippen molar-refractivity contribution >= 4 is 18.0 Å². The summed E-state index contributed by atoms with van der Waals surface area (Å²) in [6.07, 6.45) is 3.53. The molecule has 0 saturated heterocycles. The van der Waals surface area contributed by atoms with E-state index in [9.17, 15) is 9.90 Å². The summed E-state index contributed by atoms with van der Waals surface area (Å²) in [7, 11) is 1.98. The second-order valence-electron chi connectivity index (χ2n) is 7.20. The molecule has 3 rings (SSSR count). The van der Waals surface area contributed by atoms with Crippen LogP contribution in [0.3, 0.4) is 0 Å². The summed E-state index contributed by atoms with van der Waals surface area (Å²) >= 11 is 0. The number of ether oxygens (including phenoxy) is 1. The Balaban J connectivity index is 1.38. The molecule has 7 nitrogen and oxygen atoms in total. The van der Waals surface area contributed by atoms with Crippen LogP contribution in [0.25, 0.3) is 0 Å². The van der Waals surface area contributed by atoms with Gasteiger partial charge in [0.25, 0.3) is 0 Å². The van der Waals surface area contributed by atoms with Crippen molar-refractivity contribution in [3.63, 3.8) is 0 Å². The number of anilines is 1. The summed E-state index contributed by atoms with van der Waals surface area (Å²) in [5.41, 5.74) is 1.69. The smallest absolute Gasteiger partial charge is 0.311 e. The van der Waals surface area contributed by atoms with E-state index in [1.807, 2.05) is 72.6 Å². The van der Waals surface area contributed by atoms with Crippen LogP contribution in [0.5, 0.6) is 5.75 Å². The van der Waals surface area contributed by atoms with Crippen molar-refractivity contribution in [3.8, 4) is 5.75 Å².